The van der Waals surface area contributed by atoms with Crippen molar-refractivity contribution in [1.82, 2.24) is 35.1 Å². The Morgan fingerprint density at radius 1 is 1.08 bits per heavy atom. The van der Waals surface area contributed by atoms with Gasteiger partial charge >= 0.3 is 0 Å². The number of aromatic nitrogens is 5. The zero-order valence-electron chi connectivity index (χ0n) is 21.2. The zero-order chi connectivity index (χ0) is 26.3. The molecule has 0 spiro atoms. The number of ether oxygens (including phenoxy) is 1. The number of hydrogen-bond donors (Lipinski definition) is 3. The summed E-state index contributed by atoms with van der Waals surface area (Å²) in [5.74, 6) is -0.727. The average Bonchev–Trinajstić information content (AvgIpc) is 3.32. The lowest BCUT2D eigenvalue weighted by atomic mass is 10.1. The molecular formula is C26H29F2N9O. The number of aromatic amines is 1. The molecular weight excluding hydrogens is 492 g/mol. The fraction of sp³-hybridized carbons (Fsp3) is 0.385. The van der Waals surface area contributed by atoms with E-state index in [1.165, 1.54) is 23.9 Å². The van der Waals surface area contributed by atoms with E-state index in [-0.39, 0.29) is 6.04 Å². The van der Waals surface area contributed by atoms with E-state index in [9.17, 15) is 8.78 Å². The van der Waals surface area contributed by atoms with Crippen LogP contribution in [0.2, 0.25) is 0 Å². The first-order valence-electron chi connectivity index (χ1n) is 12.6. The topological polar surface area (TPSA) is 107 Å². The third kappa shape index (κ3) is 4.72. The molecule has 3 aromatic heterocycles. The van der Waals surface area contributed by atoms with Gasteiger partial charge in [-0.2, -0.15) is 0 Å². The molecule has 0 bridgehead atoms. The van der Waals surface area contributed by atoms with Crippen LogP contribution in [0.1, 0.15) is 18.5 Å². The zero-order valence-corrected chi connectivity index (χ0v) is 21.2. The van der Waals surface area contributed by atoms with E-state index in [4.69, 9.17) is 4.74 Å². The summed E-state index contributed by atoms with van der Waals surface area (Å²) in [7, 11) is 1.49. The monoisotopic (exact) mass is 521 g/mol. The largest absolute Gasteiger partial charge is 0.491 e. The number of rotatable bonds is 7. The number of fused-ring (bicyclic) bond motifs is 1. The predicted molar refractivity (Wildman–Crippen MR) is 141 cm³/mol. The summed E-state index contributed by atoms with van der Waals surface area (Å²) in [5.41, 5.74) is 4.01. The first-order valence-corrected chi connectivity index (χ1v) is 12.6. The van der Waals surface area contributed by atoms with Crippen LogP contribution < -0.4 is 20.3 Å². The maximum Gasteiger partial charge on any atom is 0.282 e. The van der Waals surface area contributed by atoms with Gasteiger partial charge in [0.25, 0.3) is 5.92 Å². The number of H-pyrrole nitrogens is 1. The molecule has 0 aliphatic carbocycles. The maximum atomic E-state index is 13.5. The molecule has 3 N–H and O–H groups in total. The Labute approximate surface area is 218 Å². The summed E-state index contributed by atoms with van der Waals surface area (Å²) in [6, 6.07) is 10.0. The molecule has 0 saturated carbocycles. The van der Waals surface area contributed by atoms with Crippen LogP contribution >= 0.6 is 0 Å². The van der Waals surface area contributed by atoms with Crippen LogP contribution in [0.3, 0.4) is 0 Å². The molecule has 4 aromatic rings. The van der Waals surface area contributed by atoms with E-state index in [2.05, 4.69) is 53.4 Å². The van der Waals surface area contributed by atoms with Gasteiger partial charge in [-0.1, -0.05) is 6.07 Å². The van der Waals surface area contributed by atoms with E-state index in [1.807, 2.05) is 30.5 Å². The molecule has 0 radical (unpaired) electrons. The van der Waals surface area contributed by atoms with Crippen molar-refractivity contribution in [1.29, 1.82) is 0 Å². The summed E-state index contributed by atoms with van der Waals surface area (Å²) in [6.45, 7) is 5.46. The third-order valence-electron chi connectivity index (χ3n) is 7.10. The Balaban J connectivity index is 1.24. The van der Waals surface area contributed by atoms with E-state index in [1.54, 1.807) is 0 Å². The van der Waals surface area contributed by atoms with Gasteiger partial charge in [0.05, 0.1) is 31.2 Å². The third-order valence-corrected chi connectivity index (χ3v) is 7.10. The fourth-order valence-corrected chi connectivity index (χ4v) is 5.04. The summed E-state index contributed by atoms with van der Waals surface area (Å²) < 4.78 is 32.5. The molecule has 10 nitrogen and oxygen atoms in total. The minimum atomic E-state index is -2.72. The Bertz CT molecular complexity index is 1450. The lowest BCUT2D eigenvalue weighted by molar-refractivity contribution is -0.0269. The SMILES string of the molecule is COc1c(-c2ccc3nc(Nc4cc(C(C)N5CCNCC5)ccn4)[nH]c3c2)ncnc1N1CC(F)(F)C1. The molecule has 198 valence electrons. The normalized spacial score (nSPS) is 18.3. The second kappa shape index (κ2) is 9.76. The number of halogens is 2. The molecule has 2 saturated heterocycles. The Hall–Kier alpha value is -3.90. The number of piperazine rings is 1. The van der Waals surface area contributed by atoms with Gasteiger partial charge in [-0.05, 0) is 36.8 Å². The van der Waals surface area contributed by atoms with Crippen molar-refractivity contribution in [3.05, 3.63) is 48.4 Å². The highest BCUT2D eigenvalue weighted by Crippen LogP contribution is 2.40. The lowest BCUT2D eigenvalue weighted by Crippen LogP contribution is -2.56. The molecule has 1 aromatic carbocycles. The summed E-state index contributed by atoms with van der Waals surface area (Å²) in [6.07, 6.45) is 3.18. The van der Waals surface area contributed by atoms with Crippen molar-refractivity contribution in [3.63, 3.8) is 0 Å². The van der Waals surface area contributed by atoms with Gasteiger partial charge in [0, 0.05) is 44.0 Å². The molecule has 5 heterocycles. The number of benzene rings is 1. The second-order valence-corrected chi connectivity index (χ2v) is 9.67. The predicted octanol–water partition coefficient (Wildman–Crippen LogP) is 3.59. The number of imidazole rings is 1. The van der Waals surface area contributed by atoms with Crippen molar-refractivity contribution in [2.75, 3.05) is 56.6 Å². The van der Waals surface area contributed by atoms with Gasteiger partial charge < -0.3 is 25.3 Å². The Morgan fingerprint density at radius 3 is 2.66 bits per heavy atom. The van der Waals surface area contributed by atoms with E-state index < -0.39 is 19.0 Å². The van der Waals surface area contributed by atoms with Crippen LogP contribution in [0.4, 0.5) is 26.4 Å². The minimum absolute atomic E-state index is 0.286. The number of alkyl halides is 2. The van der Waals surface area contributed by atoms with E-state index >= 15 is 0 Å². The first-order chi connectivity index (χ1) is 18.4. The van der Waals surface area contributed by atoms with Crippen molar-refractivity contribution in [2.24, 2.45) is 0 Å². The van der Waals surface area contributed by atoms with Crippen LogP contribution in [-0.4, -0.2) is 82.1 Å². The maximum absolute atomic E-state index is 13.5. The van der Waals surface area contributed by atoms with Crippen molar-refractivity contribution in [2.45, 2.75) is 18.9 Å². The summed E-state index contributed by atoms with van der Waals surface area (Å²) in [5, 5.41) is 6.68. The summed E-state index contributed by atoms with van der Waals surface area (Å²) in [4.78, 5) is 25.0. The average molecular weight is 522 g/mol. The molecule has 12 heteroatoms. The van der Waals surface area contributed by atoms with Crippen LogP contribution in [-0.2, 0) is 0 Å². The van der Waals surface area contributed by atoms with Crippen LogP contribution in [0.25, 0.3) is 22.3 Å². The molecule has 2 fully saturated rings. The quantitative estimate of drug-likeness (QED) is 0.336. The number of anilines is 3. The number of methoxy groups -OCH3 is 1. The van der Waals surface area contributed by atoms with E-state index in [0.29, 0.717) is 29.0 Å². The van der Waals surface area contributed by atoms with Crippen molar-refractivity contribution >= 4 is 28.6 Å². The smallest absolute Gasteiger partial charge is 0.282 e. The highest BCUT2D eigenvalue weighted by molar-refractivity contribution is 5.85. The highest BCUT2D eigenvalue weighted by Gasteiger charge is 2.45. The van der Waals surface area contributed by atoms with E-state index in [0.717, 1.165) is 42.8 Å². The second-order valence-electron chi connectivity index (χ2n) is 9.67. The standard InChI is InChI=1S/C26H29F2N9O/c1-16(36-9-7-29-8-10-36)17-5-6-30-21(12-17)35-25-33-19-4-3-18(11-20(19)34-25)22-23(38-2)24(32-15-31-22)37-13-26(27,28)14-37/h3-6,11-12,15-16,29H,7-10,13-14H2,1-2H3,(H2,30,33,34,35). The number of nitrogens with zero attached hydrogens (tertiary/aromatic N) is 6. The molecule has 2 aliphatic heterocycles. The Morgan fingerprint density at radius 2 is 1.89 bits per heavy atom. The minimum Gasteiger partial charge on any atom is -0.491 e. The number of nitrogens with one attached hydrogen (secondary N) is 3. The van der Waals surface area contributed by atoms with Gasteiger partial charge in [-0.3, -0.25) is 4.90 Å². The Kier molecular flexibility index (Phi) is 6.28. The molecule has 38 heavy (non-hydrogen) atoms. The van der Waals surface area contributed by atoms with Crippen LogP contribution in [0.5, 0.6) is 5.75 Å². The fourth-order valence-electron chi connectivity index (χ4n) is 5.04. The number of pyridine rings is 1. The van der Waals surface area contributed by atoms with Gasteiger partial charge in [-0.25, -0.2) is 28.7 Å². The van der Waals surface area contributed by atoms with Crippen molar-refractivity contribution < 1.29 is 13.5 Å². The molecule has 0 amide bonds. The van der Waals surface area contributed by atoms with Gasteiger partial charge in [0.1, 0.15) is 17.8 Å². The molecule has 2 aliphatic rings. The van der Waals surface area contributed by atoms with Crippen molar-refractivity contribution in [3.8, 4) is 17.0 Å². The molecule has 1 atom stereocenters. The van der Waals surface area contributed by atoms with Crippen LogP contribution in [0, 0.1) is 0 Å². The lowest BCUT2D eigenvalue weighted by Gasteiger charge is -2.40. The van der Waals surface area contributed by atoms with Gasteiger partial charge in [0.15, 0.2) is 11.6 Å². The first kappa shape index (κ1) is 24.4. The molecule has 1 unspecified atom stereocenters. The summed E-state index contributed by atoms with van der Waals surface area (Å²) >= 11 is 0. The van der Waals surface area contributed by atoms with Gasteiger partial charge in [-0.15, -0.1) is 0 Å². The highest BCUT2D eigenvalue weighted by atomic mass is 19.3. The van der Waals surface area contributed by atoms with Crippen LogP contribution in [0.15, 0.2) is 42.9 Å². The van der Waals surface area contributed by atoms with Gasteiger partial charge in [0.2, 0.25) is 5.95 Å². The molecule has 6 rings (SSSR count). The number of hydrogen-bond acceptors (Lipinski definition) is 9.